The summed E-state index contributed by atoms with van der Waals surface area (Å²) >= 11 is 0. The van der Waals surface area contributed by atoms with E-state index in [2.05, 4.69) is 5.32 Å². The predicted molar refractivity (Wildman–Crippen MR) is 115 cm³/mol. The van der Waals surface area contributed by atoms with E-state index in [4.69, 9.17) is 0 Å². The molecule has 0 aromatic heterocycles. The summed E-state index contributed by atoms with van der Waals surface area (Å²) in [5.74, 6) is -1.04. The Hall–Kier alpha value is -3.08. The Morgan fingerprint density at radius 2 is 1.52 bits per heavy atom. The van der Waals surface area contributed by atoms with E-state index in [-0.39, 0.29) is 28.1 Å². The van der Waals surface area contributed by atoms with Gasteiger partial charge < -0.3 is 15.5 Å². The van der Waals surface area contributed by atoms with Gasteiger partial charge >= 0.3 is 5.97 Å². The maximum absolute atomic E-state index is 12.6. The van der Waals surface area contributed by atoms with Crippen LogP contribution in [-0.2, 0) is 15.6 Å². The highest BCUT2D eigenvalue weighted by Crippen LogP contribution is 2.41. The maximum atomic E-state index is 12.6. The van der Waals surface area contributed by atoms with Crippen molar-refractivity contribution in [1.82, 2.24) is 0 Å². The van der Waals surface area contributed by atoms with Crippen LogP contribution in [0.3, 0.4) is 0 Å². The first-order chi connectivity index (χ1) is 13.3. The first kappa shape index (κ1) is 20.6. The van der Waals surface area contributed by atoms with E-state index in [9.17, 15) is 19.8 Å². The van der Waals surface area contributed by atoms with Crippen molar-refractivity contribution < 1.29 is 19.8 Å². The van der Waals surface area contributed by atoms with Gasteiger partial charge in [0, 0.05) is 28.0 Å². The molecule has 0 atom stereocenters. The monoisotopic (exact) mass is 393 g/mol. The average molecular weight is 393 g/mol. The number of nitrogens with one attached hydrogen (secondary N) is 1. The summed E-state index contributed by atoms with van der Waals surface area (Å²) in [6, 6.07) is 8.38. The van der Waals surface area contributed by atoms with Crippen LogP contribution in [0.25, 0.3) is 11.6 Å². The van der Waals surface area contributed by atoms with E-state index in [1.54, 1.807) is 12.1 Å². The lowest BCUT2D eigenvalue weighted by molar-refractivity contribution is -0.110. The number of amides is 1. The Morgan fingerprint density at radius 3 is 2.00 bits per heavy atom. The van der Waals surface area contributed by atoms with Gasteiger partial charge in [-0.05, 0) is 52.8 Å². The van der Waals surface area contributed by atoms with Crippen LogP contribution in [0.5, 0.6) is 5.75 Å². The second-order valence-corrected chi connectivity index (χ2v) is 9.54. The molecule has 0 spiro atoms. The Morgan fingerprint density at radius 1 is 0.966 bits per heavy atom. The van der Waals surface area contributed by atoms with Crippen LogP contribution in [0, 0.1) is 0 Å². The standard InChI is InChI=1S/C24H27NO4/c1-23(2,3)17-10-13(11-18(20(17)26)24(4,5)6)9-16-15-12-14(22(28)29)7-8-19(15)25-21(16)27/h7-12,26H,1-6H3,(H,25,27)(H,28,29)/b16-9+. The molecule has 0 fully saturated rings. The van der Waals surface area contributed by atoms with Gasteiger partial charge in [-0.25, -0.2) is 4.79 Å². The van der Waals surface area contributed by atoms with E-state index in [1.807, 2.05) is 53.7 Å². The summed E-state index contributed by atoms with van der Waals surface area (Å²) in [5.41, 5.74) is 3.52. The number of aromatic carboxylic acids is 1. The van der Waals surface area contributed by atoms with Gasteiger partial charge in [-0.1, -0.05) is 41.5 Å². The number of carboxylic acids is 1. The fourth-order valence-electron chi connectivity index (χ4n) is 3.51. The van der Waals surface area contributed by atoms with Gasteiger partial charge in [0.15, 0.2) is 0 Å². The van der Waals surface area contributed by atoms with E-state index in [0.29, 0.717) is 16.8 Å². The number of carbonyl (C=O) groups excluding carboxylic acids is 1. The smallest absolute Gasteiger partial charge is 0.335 e. The van der Waals surface area contributed by atoms with Crippen LogP contribution in [0.2, 0.25) is 0 Å². The van der Waals surface area contributed by atoms with Gasteiger partial charge in [0.25, 0.3) is 5.91 Å². The molecule has 0 bridgehead atoms. The minimum Gasteiger partial charge on any atom is -0.507 e. The zero-order chi connectivity index (χ0) is 21.7. The molecule has 152 valence electrons. The molecule has 5 heteroatoms. The number of hydrogen-bond acceptors (Lipinski definition) is 3. The van der Waals surface area contributed by atoms with Crippen molar-refractivity contribution in [3.05, 3.63) is 58.1 Å². The number of phenols is 1. The van der Waals surface area contributed by atoms with Gasteiger partial charge in [0.05, 0.1) is 5.56 Å². The first-order valence-corrected chi connectivity index (χ1v) is 9.58. The third kappa shape index (κ3) is 3.90. The second kappa shape index (κ2) is 6.76. The van der Waals surface area contributed by atoms with Crippen molar-refractivity contribution in [2.24, 2.45) is 0 Å². The minimum atomic E-state index is -1.04. The van der Waals surface area contributed by atoms with Crippen molar-refractivity contribution in [3.8, 4) is 5.75 Å². The topological polar surface area (TPSA) is 86.6 Å². The van der Waals surface area contributed by atoms with Crippen LogP contribution in [0.4, 0.5) is 5.69 Å². The number of carbonyl (C=O) groups is 2. The molecule has 3 N–H and O–H groups in total. The summed E-state index contributed by atoms with van der Waals surface area (Å²) < 4.78 is 0. The van der Waals surface area contributed by atoms with Crippen molar-refractivity contribution >= 4 is 29.2 Å². The Labute approximate surface area is 171 Å². The van der Waals surface area contributed by atoms with E-state index >= 15 is 0 Å². The summed E-state index contributed by atoms with van der Waals surface area (Å²) in [6.07, 6.45) is 1.76. The molecule has 1 heterocycles. The second-order valence-electron chi connectivity index (χ2n) is 9.54. The van der Waals surface area contributed by atoms with Crippen LogP contribution >= 0.6 is 0 Å². The highest BCUT2D eigenvalue weighted by molar-refractivity contribution is 6.35. The fourth-order valence-corrected chi connectivity index (χ4v) is 3.51. The van der Waals surface area contributed by atoms with Crippen molar-refractivity contribution in [2.75, 3.05) is 5.32 Å². The number of rotatable bonds is 2. The first-order valence-electron chi connectivity index (χ1n) is 9.58. The molecule has 29 heavy (non-hydrogen) atoms. The SMILES string of the molecule is CC(C)(C)c1cc(/C=C2/C(=O)Nc3ccc(C(=O)O)cc32)cc(C(C)(C)C)c1O. The van der Waals surface area contributed by atoms with Crippen LogP contribution in [-0.4, -0.2) is 22.1 Å². The highest BCUT2D eigenvalue weighted by Gasteiger charge is 2.28. The predicted octanol–water partition coefficient (Wildman–Crippen LogP) is 5.18. The molecular formula is C24H27NO4. The number of aromatic hydroxyl groups is 1. The minimum absolute atomic E-state index is 0.127. The van der Waals surface area contributed by atoms with Crippen LogP contribution < -0.4 is 5.32 Å². The molecule has 1 amide bonds. The lowest BCUT2D eigenvalue weighted by atomic mass is 9.78. The molecule has 0 saturated carbocycles. The number of anilines is 1. The summed E-state index contributed by atoms with van der Waals surface area (Å²) in [6.45, 7) is 12.2. The number of phenolic OH excluding ortho intramolecular Hbond substituents is 1. The van der Waals surface area contributed by atoms with Crippen molar-refractivity contribution in [1.29, 1.82) is 0 Å². The molecule has 1 aliphatic heterocycles. The van der Waals surface area contributed by atoms with E-state index in [0.717, 1.165) is 16.7 Å². The molecule has 3 rings (SSSR count). The van der Waals surface area contributed by atoms with Gasteiger partial charge in [-0.2, -0.15) is 0 Å². The maximum Gasteiger partial charge on any atom is 0.335 e. The third-order valence-electron chi connectivity index (χ3n) is 5.11. The lowest BCUT2D eigenvalue weighted by Crippen LogP contribution is -2.17. The third-order valence-corrected chi connectivity index (χ3v) is 5.11. The highest BCUT2D eigenvalue weighted by atomic mass is 16.4. The van der Waals surface area contributed by atoms with E-state index in [1.165, 1.54) is 12.1 Å². The Balaban J connectivity index is 2.23. The zero-order valence-electron chi connectivity index (χ0n) is 17.7. The molecular weight excluding hydrogens is 366 g/mol. The number of carboxylic acid groups (broad SMARTS) is 1. The van der Waals surface area contributed by atoms with Crippen LogP contribution in [0.15, 0.2) is 30.3 Å². The van der Waals surface area contributed by atoms with Gasteiger partial charge in [-0.15, -0.1) is 0 Å². The molecule has 1 aliphatic rings. The molecule has 0 saturated heterocycles. The normalized spacial score (nSPS) is 15.4. The van der Waals surface area contributed by atoms with Gasteiger partial charge in [-0.3, -0.25) is 4.79 Å². The fraction of sp³-hybridized carbons (Fsp3) is 0.333. The number of fused-ring (bicyclic) bond motifs is 1. The quantitative estimate of drug-likeness (QED) is 0.614. The summed E-state index contributed by atoms with van der Waals surface area (Å²) in [7, 11) is 0. The largest absolute Gasteiger partial charge is 0.507 e. The Kier molecular flexibility index (Phi) is 4.81. The zero-order valence-corrected chi connectivity index (χ0v) is 17.7. The lowest BCUT2D eigenvalue weighted by Gasteiger charge is -2.28. The van der Waals surface area contributed by atoms with Crippen molar-refractivity contribution in [2.45, 2.75) is 52.4 Å². The van der Waals surface area contributed by atoms with Gasteiger partial charge in [0.1, 0.15) is 5.75 Å². The van der Waals surface area contributed by atoms with Crippen molar-refractivity contribution in [3.63, 3.8) is 0 Å². The van der Waals surface area contributed by atoms with E-state index < -0.39 is 5.97 Å². The molecule has 0 radical (unpaired) electrons. The summed E-state index contributed by atoms with van der Waals surface area (Å²) in [4.78, 5) is 23.9. The Bertz CT molecular complexity index is 1010. The molecule has 0 aliphatic carbocycles. The van der Waals surface area contributed by atoms with Gasteiger partial charge in [0.2, 0.25) is 0 Å². The average Bonchev–Trinajstić information content (AvgIpc) is 2.89. The number of benzene rings is 2. The summed E-state index contributed by atoms with van der Waals surface area (Å²) in [5, 5.41) is 23.0. The van der Waals surface area contributed by atoms with Crippen LogP contribution in [0.1, 0.15) is 74.2 Å². The number of hydrogen-bond donors (Lipinski definition) is 3. The molecule has 5 nitrogen and oxygen atoms in total. The molecule has 2 aromatic carbocycles. The molecule has 2 aromatic rings. The molecule has 0 unspecified atom stereocenters.